The summed E-state index contributed by atoms with van der Waals surface area (Å²) in [6.07, 6.45) is 8.39. The van der Waals surface area contributed by atoms with Crippen LogP contribution in [0.1, 0.15) is 107 Å². The van der Waals surface area contributed by atoms with E-state index in [1.807, 2.05) is 4.90 Å². The van der Waals surface area contributed by atoms with Crippen molar-refractivity contribution in [2.24, 2.45) is 50.7 Å². The molecule has 0 aromatic heterocycles. The lowest BCUT2D eigenvalue weighted by Crippen LogP contribution is -2.59. The second kappa shape index (κ2) is 7.97. The van der Waals surface area contributed by atoms with E-state index in [0.29, 0.717) is 41.0 Å². The maximum Gasteiger partial charge on any atom is 0.219 e. The van der Waals surface area contributed by atoms with E-state index >= 15 is 0 Å². The second-order valence-electron chi connectivity index (χ2n) is 15.9. The molecule has 12 unspecified atom stereocenters. The molecular formula is C32H53NO4. The van der Waals surface area contributed by atoms with Crippen molar-refractivity contribution in [1.29, 1.82) is 0 Å². The first-order valence-electron chi connectivity index (χ1n) is 15.5. The average Bonchev–Trinajstić information content (AvgIpc) is 3.45. The van der Waals surface area contributed by atoms with Crippen molar-refractivity contribution in [3.8, 4) is 0 Å². The summed E-state index contributed by atoms with van der Waals surface area (Å²) in [7, 11) is 0. The minimum absolute atomic E-state index is 0.0119. The maximum atomic E-state index is 12.3. The van der Waals surface area contributed by atoms with E-state index in [0.717, 1.165) is 12.8 Å². The first-order valence-corrected chi connectivity index (χ1v) is 15.5. The number of aliphatic hydroxyl groups is 2. The second-order valence-corrected chi connectivity index (χ2v) is 15.9. The quantitative estimate of drug-likeness (QED) is 0.527. The zero-order chi connectivity index (χ0) is 26.9. The molecule has 2 N–H and O–H groups in total. The fourth-order valence-corrected chi connectivity index (χ4v) is 12.4. The highest BCUT2D eigenvalue weighted by molar-refractivity contribution is 5.73. The van der Waals surface area contributed by atoms with Crippen LogP contribution in [0.5, 0.6) is 0 Å². The van der Waals surface area contributed by atoms with Crippen LogP contribution in [-0.4, -0.2) is 58.0 Å². The van der Waals surface area contributed by atoms with Gasteiger partial charge in [0, 0.05) is 24.9 Å². The molecule has 1 amide bonds. The van der Waals surface area contributed by atoms with E-state index in [1.54, 1.807) is 6.92 Å². The van der Waals surface area contributed by atoms with E-state index in [9.17, 15) is 15.0 Å². The Kier molecular flexibility index (Phi) is 5.72. The number of aliphatic hydroxyl groups excluding tert-OH is 2. The summed E-state index contributed by atoms with van der Waals surface area (Å²) in [4.78, 5) is 14.3. The van der Waals surface area contributed by atoms with Gasteiger partial charge in [0.05, 0.1) is 24.4 Å². The van der Waals surface area contributed by atoms with Gasteiger partial charge in [-0.2, -0.15) is 0 Å². The van der Waals surface area contributed by atoms with Gasteiger partial charge < -0.3 is 19.8 Å². The number of fused-ring (bicyclic) bond motifs is 4. The first kappa shape index (κ1) is 26.6. The minimum atomic E-state index is -0.462. The van der Waals surface area contributed by atoms with Crippen LogP contribution < -0.4 is 0 Å². The predicted molar refractivity (Wildman–Crippen MR) is 145 cm³/mol. The molecule has 0 radical (unpaired) electrons. The Morgan fingerprint density at radius 2 is 1.65 bits per heavy atom. The van der Waals surface area contributed by atoms with Crippen LogP contribution in [0, 0.1) is 50.7 Å². The van der Waals surface area contributed by atoms with Gasteiger partial charge in [-0.25, -0.2) is 0 Å². The third-order valence-corrected chi connectivity index (χ3v) is 14.3. The van der Waals surface area contributed by atoms with Crippen LogP contribution in [0.3, 0.4) is 0 Å². The van der Waals surface area contributed by atoms with Crippen LogP contribution in [0.2, 0.25) is 0 Å². The molecular weight excluding hydrogens is 462 g/mol. The zero-order valence-electron chi connectivity index (χ0n) is 24.7. The summed E-state index contributed by atoms with van der Waals surface area (Å²) in [6.45, 7) is 18.4. The highest BCUT2D eigenvalue weighted by Gasteiger charge is 2.84. The largest absolute Gasteiger partial charge is 0.393 e. The minimum Gasteiger partial charge on any atom is -0.393 e. The molecule has 37 heavy (non-hydrogen) atoms. The predicted octanol–water partition coefficient (Wildman–Crippen LogP) is 5.42. The van der Waals surface area contributed by atoms with Gasteiger partial charge in [0.25, 0.3) is 0 Å². The van der Waals surface area contributed by atoms with Crippen LogP contribution >= 0.6 is 0 Å². The van der Waals surface area contributed by atoms with Gasteiger partial charge in [0.1, 0.15) is 0 Å². The molecule has 6 rings (SSSR count). The van der Waals surface area contributed by atoms with Gasteiger partial charge in [0.2, 0.25) is 5.91 Å². The Morgan fingerprint density at radius 3 is 2.30 bits per heavy atom. The molecule has 0 bridgehead atoms. The number of amides is 1. The number of carbonyl (C=O) groups is 1. The Morgan fingerprint density at radius 1 is 1.00 bits per heavy atom. The van der Waals surface area contributed by atoms with Gasteiger partial charge in [-0.1, -0.05) is 34.6 Å². The molecule has 2 spiro atoms. The summed E-state index contributed by atoms with van der Waals surface area (Å²) in [6, 6.07) is 0.152. The highest BCUT2D eigenvalue weighted by atomic mass is 16.5. The van der Waals surface area contributed by atoms with Crippen molar-refractivity contribution >= 4 is 5.91 Å². The lowest BCUT2D eigenvalue weighted by molar-refractivity contribution is -0.182. The molecule has 0 aromatic carbocycles. The van der Waals surface area contributed by atoms with Crippen molar-refractivity contribution in [2.45, 2.75) is 137 Å². The average molecular weight is 516 g/mol. The molecule has 210 valence electrons. The van der Waals surface area contributed by atoms with Crippen molar-refractivity contribution in [2.75, 3.05) is 6.54 Å². The van der Waals surface area contributed by atoms with Crippen molar-refractivity contribution < 1.29 is 19.7 Å². The van der Waals surface area contributed by atoms with Crippen molar-refractivity contribution in [1.82, 2.24) is 4.90 Å². The van der Waals surface area contributed by atoms with Crippen LogP contribution in [-0.2, 0) is 9.53 Å². The molecule has 6 fully saturated rings. The summed E-state index contributed by atoms with van der Waals surface area (Å²) in [5.41, 5.74) is 0.597. The van der Waals surface area contributed by atoms with E-state index in [-0.39, 0.29) is 46.5 Å². The normalized spacial score (nSPS) is 55.4. The SMILES string of the molecule is CC(=O)N(CC1CC(C)C2C(O1)C(O)C1(C)C3CCC4C(C)(C)C(O)CCC45CC35CCC21C)C(C)C. The van der Waals surface area contributed by atoms with E-state index in [4.69, 9.17) is 4.74 Å². The van der Waals surface area contributed by atoms with Gasteiger partial charge in [-0.3, -0.25) is 4.79 Å². The Bertz CT molecular complexity index is 964. The molecule has 1 aliphatic heterocycles. The molecule has 5 saturated carbocycles. The van der Waals surface area contributed by atoms with Crippen molar-refractivity contribution in [3.63, 3.8) is 0 Å². The number of carbonyl (C=O) groups excluding carboxylic acids is 1. The molecule has 5 nitrogen and oxygen atoms in total. The van der Waals surface area contributed by atoms with Gasteiger partial charge >= 0.3 is 0 Å². The fraction of sp³-hybridized carbons (Fsp3) is 0.969. The Labute approximate surface area is 225 Å². The topological polar surface area (TPSA) is 70.0 Å². The van der Waals surface area contributed by atoms with Gasteiger partial charge in [0.15, 0.2) is 0 Å². The molecule has 1 heterocycles. The summed E-state index contributed by atoms with van der Waals surface area (Å²) in [5.74, 6) is 2.06. The molecule has 12 atom stereocenters. The van der Waals surface area contributed by atoms with Gasteiger partial charge in [-0.15, -0.1) is 0 Å². The number of ether oxygens (including phenoxy) is 1. The molecule has 5 heteroatoms. The first-order chi connectivity index (χ1) is 17.2. The molecule has 0 aromatic rings. The summed E-state index contributed by atoms with van der Waals surface area (Å²) < 4.78 is 6.85. The number of nitrogens with zero attached hydrogens (tertiary/aromatic N) is 1. The summed E-state index contributed by atoms with van der Waals surface area (Å²) >= 11 is 0. The van der Waals surface area contributed by atoms with Crippen molar-refractivity contribution in [3.05, 3.63) is 0 Å². The number of hydrogen-bond acceptors (Lipinski definition) is 4. The number of hydrogen-bond donors (Lipinski definition) is 2. The lowest BCUT2D eigenvalue weighted by atomic mass is 9.41. The third kappa shape index (κ3) is 3.06. The molecule has 1 saturated heterocycles. The highest BCUT2D eigenvalue weighted by Crippen LogP contribution is 2.89. The Balaban J connectivity index is 1.32. The smallest absolute Gasteiger partial charge is 0.219 e. The Hall–Kier alpha value is -0.650. The third-order valence-electron chi connectivity index (χ3n) is 14.3. The standard InChI is InChI=1S/C32H53NO4/c1-18(2)33(20(4)34)16-21-15-19(3)25-26(37-21)27(36)30(8)23-10-9-22-28(5,6)24(35)11-12-31(22)17-32(23,31)14-13-29(25,30)7/h18-19,21-27,35-36H,9-17H2,1-8H3. The monoisotopic (exact) mass is 515 g/mol. The van der Waals surface area contributed by atoms with Crippen LogP contribution in [0.25, 0.3) is 0 Å². The number of rotatable bonds is 3. The zero-order valence-corrected chi connectivity index (χ0v) is 24.7. The van der Waals surface area contributed by atoms with Crippen LogP contribution in [0.4, 0.5) is 0 Å². The van der Waals surface area contributed by atoms with E-state index in [1.165, 1.54) is 38.5 Å². The van der Waals surface area contributed by atoms with Gasteiger partial charge in [-0.05, 0) is 111 Å². The lowest BCUT2D eigenvalue weighted by Gasteiger charge is -2.63. The molecule has 6 aliphatic rings. The maximum absolute atomic E-state index is 12.3. The summed E-state index contributed by atoms with van der Waals surface area (Å²) in [5, 5.41) is 23.2. The fourth-order valence-electron chi connectivity index (χ4n) is 12.4. The van der Waals surface area contributed by atoms with E-state index < -0.39 is 6.10 Å². The molecule has 5 aliphatic carbocycles. The van der Waals surface area contributed by atoms with Crippen LogP contribution in [0.15, 0.2) is 0 Å². The van der Waals surface area contributed by atoms with E-state index in [2.05, 4.69) is 48.5 Å².